The smallest absolute Gasteiger partial charge is 0.341 e. The van der Waals surface area contributed by atoms with E-state index < -0.39 is 17.4 Å². The molecule has 0 spiro atoms. The molecule has 0 aromatic carbocycles. The number of aromatic carboxylic acids is 1. The van der Waals surface area contributed by atoms with Gasteiger partial charge in [0.25, 0.3) is 5.56 Å². The van der Waals surface area contributed by atoms with Crippen LogP contribution >= 0.6 is 0 Å². The van der Waals surface area contributed by atoms with Gasteiger partial charge in [0.15, 0.2) is 0 Å². The lowest BCUT2D eigenvalue weighted by molar-refractivity contribution is 0.0694. The van der Waals surface area contributed by atoms with Crippen LogP contribution in [0.25, 0.3) is 33.4 Å². The average molecular weight is 554 g/mol. The molecule has 2 aliphatic heterocycles. The minimum Gasteiger partial charge on any atom is -0.477 e. The minimum atomic E-state index is -1.30. The quantitative estimate of drug-likeness (QED) is 0.309. The van der Waals surface area contributed by atoms with Crippen molar-refractivity contribution in [1.29, 1.82) is 5.26 Å². The number of likely N-dealkylation sites (N-methyl/N-ethyl adjacent to an activating group) is 1. The molecule has 2 saturated heterocycles. The highest BCUT2D eigenvalue weighted by molar-refractivity contribution is 6.05. The van der Waals surface area contributed by atoms with Crippen LogP contribution in [0.2, 0.25) is 0 Å². The zero-order valence-corrected chi connectivity index (χ0v) is 22.6. The number of fused-ring (bicyclic) bond motifs is 3. The number of anilines is 1. The van der Waals surface area contributed by atoms with Crippen molar-refractivity contribution in [3.8, 4) is 17.2 Å². The summed E-state index contributed by atoms with van der Waals surface area (Å²) in [4.78, 5) is 37.2. The third-order valence-corrected chi connectivity index (χ3v) is 8.16. The van der Waals surface area contributed by atoms with Gasteiger partial charge in [0.1, 0.15) is 23.1 Å². The average Bonchev–Trinajstić information content (AvgIpc) is 3.62. The monoisotopic (exact) mass is 553 g/mol. The number of allylic oxidation sites excluding steroid dienone is 2. The highest BCUT2D eigenvalue weighted by Gasteiger charge is 2.42. The topological polar surface area (TPSA) is 130 Å². The summed E-state index contributed by atoms with van der Waals surface area (Å²) in [7, 11) is 3.73. The van der Waals surface area contributed by atoms with Gasteiger partial charge in [0.05, 0.1) is 28.0 Å². The van der Waals surface area contributed by atoms with Crippen LogP contribution < -0.4 is 15.8 Å². The van der Waals surface area contributed by atoms with Crippen molar-refractivity contribution in [3.63, 3.8) is 0 Å². The molecule has 208 valence electrons. The molecule has 0 saturated carbocycles. The first kappa shape index (κ1) is 26.3. The van der Waals surface area contributed by atoms with E-state index in [0.29, 0.717) is 50.5 Å². The first-order valence-electron chi connectivity index (χ1n) is 13.2. The number of hydrogen-bond acceptors (Lipinski definition) is 7. The number of hydrogen-bond donors (Lipinski definition) is 3. The van der Waals surface area contributed by atoms with E-state index in [0.717, 1.165) is 31.7 Å². The van der Waals surface area contributed by atoms with Gasteiger partial charge < -0.3 is 25.2 Å². The van der Waals surface area contributed by atoms with Crippen molar-refractivity contribution in [1.82, 2.24) is 24.6 Å². The second kappa shape index (κ2) is 9.91. The van der Waals surface area contributed by atoms with E-state index in [1.165, 1.54) is 16.5 Å². The standard InChI is InChI=1S/C30H28FN7O3/c1-16(31)10-23(33-2)26-21(11-32)25-27(37-9-8-18-13-36(3)15-24(18)37)22(12-34-28(25)35-26)17-4-5-19-6-7-20(30(40)41)29(39)38(19)14-17/h4-7,10,12,14,18,24,33H,1,8-9,13,15H2,2-3H3,(H,34,35)(H,40,41)/b23-10+/t18-,24+/m0/s1. The van der Waals surface area contributed by atoms with Crippen LogP contribution in [0.3, 0.4) is 0 Å². The van der Waals surface area contributed by atoms with Crippen molar-refractivity contribution in [2.75, 3.05) is 38.6 Å². The zero-order valence-electron chi connectivity index (χ0n) is 22.6. The van der Waals surface area contributed by atoms with Gasteiger partial charge in [-0.25, -0.2) is 14.2 Å². The summed E-state index contributed by atoms with van der Waals surface area (Å²) >= 11 is 0. The fourth-order valence-electron chi connectivity index (χ4n) is 6.35. The van der Waals surface area contributed by atoms with Gasteiger partial charge in [-0.05, 0) is 43.7 Å². The van der Waals surface area contributed by atoms with Crippen molar-refractivity contribution >= 4 is 33.9 Å². The number of nitriles is 1. The van der Waals surface area contributed by atoms with E-state index >= 15 is 0 Å². The van der Waals surface area contributed by atoms with Crippen molar-refractivity contribution < 1.29 is 14.3 Å². The summed E-state index contributed by atoms with van der Waals surface area (Å²) in [6, 6.07) is 9.04. The first-order chi connectivity index (χ1) is 19.7. The molecule has 10 nitrogen and oxygen atoms in total. The molecule has 2 aliphatic rings. The number of H-pyrrole nitrogens is 1. The molecule has 4 aromatic rings. The molecule has 11 heteroatoms. The number of carboxylic acid groups (broad SMARTS) is 1. The predicted octanol–water partition coefficient (Wildman–Crippen LogP) is 3.60. The predicted molar refractivity (Wildman–Crippen MR) is 154 cm³/mol. The second-order valence-electron chi connectivity index (χ2n) is 10.6. The molecular formula is C30H28FN7O3. The van der Waals surface area contributed by atoms with E-state index in [1.807, 2.05) is 6.07 Å². The van der Waals surface area contributed by atoms with Crippen molar-refractivity contribution in [3.05, 3.63) is 82.3 Å². The molecule has 0 amide bonds. The molecule has 2 atom stereocenters. The Morgan fingerprint density at radius 3 is 2.80 bits per heavy atom. The number of pyridine rings is 3. The van der Waals surface area contributed by atoms with Crippen LogP contribution in [0, 0.1) is 17.2 Å². The van der Waals surface area contributed by atoms with Crippen molar-refractivity contribution in [2.45, 2.75) is 12.5 Å². The lowest BCUT2D eigenvalue weighted by Crippen LogP contribution is -2.35. The fraction of sp³-hybridized carbons (Fsp3) is 0.267. The number of nitrogens with zero attached hydrogens (tertiary/aromatic N) is 5. The Morgan fingerprint density at radius 1 is 1.32 bits per heavy atom. The van der Waals surface area contributed by atoms with Crippen LogP contribution in [-0.4, -0.2) is 70.1 Å². The summed E-state index contributed by atoms with van der Waals surface area (Å²) in [5.41, 5.74) is 3.28. The second-order valence-corrected chi connectivity index (χ2v) is 10.6. The summed E-state index contributed by atoms with van der Waals surface area (Å²) in [6.07, 6.45) is 5.53. The number of aromatic amines is 1. The molecule has 0 aliphatic carbocycles. The van der Waals surface area contributed by atoms with Crippen LogP contribution in [0.1, 0.15) is 28.0 Å². The van der Waals surface area contributed by atoms with Gasteiger partial charge >= 0.3 is 5.97 Å². The number of halogens is 1. The number of rotatable bonds is 6. The number of carboxylic acids is 1. The van der Waals surface area contributed by atoms with E-state index in [1.54, 1.807) is 31.6 Å². The Hall–Kier alpha value is -4.95. The van der Waals surface area contributed by atoms with Gasteiger partial charge in [0.2, 0.25) is 0 Å². The molecule has 0 bridgehead atoms. The molecule has 4 aromatic heterocycles. The Morgan fingerprint density at radius 2 is 2.10 bits per heavy atom. The molecule has 0 radical (unpaired) electrons. The van der Waals surface area contributed by atoms with Crippen LogP contribution in [-0.2, 0) is 0 Å². The summed E-state index contributed by atoms with van der Waals surface area (Å²) in [5, 5.41) is 23.5. The summed E-state index contributed by atoms with van der Waals surface area (Å²) < 4.78 is 15.2. The Labute approximate surface area is 234 Å². The maximum Gasteiger partial charge on any atom is 0.341 e. The van der Waals surface area contributed by atoms with E-state index in [4.69, 9.17) is 0 Å². The lowest BCUT2D eigenvalue weighted by atomic mass is 9.99. The molecule has 6 rings (SSSR count). The van der Waals surface area contributed by atoms with Gasteiger partial charge in [-0.3, -0.25) is 9.20 Å². The van der Waals surface area contributed by atoms with Gasteiger partial charge in [-0.1, -0.05) is 12.6 Å². The number of likely N-dealkylation sites (tertiary alicyclic amines) is 1. The zero-order chi connectivity index (χ0) is 29.0. The normalized spacial score (nSPS) is 19.1. The van der Waals surface area contributed by atoms with Gasteiger partial charge in [-0.15, -0.1) is 0 Å². The van der Waals surface area contributed by atoms with Crippen LogP contribution in [0.5, 0.6) is 0 Å². The van der Waals surface area contributed by atoms with Gasteiger partial charge in [-0.2, -0.15) is 5.26 Å². The molecule has 3 N–H and O–H groups in total. The Kier molecular flexibility index (Phi) is 6.35. The highest BCUT2D eigenvalue weighted by Crippen LogP contribution is 2.45. The van der Waals surface area contributed by atoms with Crippen LogP contribution in [0.4, 0.5) is 10.1 Å². The third kappa shape index (κ3) is 4.24. The maximum atomic E-state index is 13.8. The van der Waals surface area contributed by atoms with E-state index in [2.05, 4.69) is 44.8 Å². The molecule has 41 heavy (non-hydrogen) atoms. The number of aromatic nitrogens is 3. The van der Waals surface area contributed by atoms with Crippen LogP contribution in [0.15, 0.2) is 59.9 Å². The van der Waals surface area contributed by atoms with E-state index in [9.17, 15) is 24.3 Å². The lowest BCUT2D eigenvalue weighted by Gasteiger charge is -2.29. The summed E-state index contributed by atoms with van der Waals surface area (Å²) in [6.45, 7) is 5.93. The molecule has 2 fully saturated rings. The van der Waals surface area contributed by atoms with Gasteiger partial charge in [0, 0.05) is 61.8 Å². The van der Waals surface area contributed by atoms with Crippen molar-refractivity contribution in [2.24, 2.45) is 5.92 Å². The highest BCUT2D eigenvalue weighted by atomic mass is 19.1. The minimum absolute atomic E-state index is 0.209. The molecule has 0 unspecified atom stereocenters. The molecular weight excluding hydrogens is 525 g/mol. The fourth-order valence-corrected chi connectivity index (χ4v) is 6.35. The van der Waals surface area contributed by atoms with E-state index in [-0.39, 0.29) is 11.6 Å². The Bertz CT molecular complexity index is 1880. The maximum absolute atomic E-state index is 13.8. The first-order valence-corrected chi connectivity index (χ1v) is 13.2. The Balaban J connectivity index is 1.65. The molecule has 6 heterocycles. The summed E-state index contributed by atoms with van der Waals surface area (Å²) in [5.74, 6) is -1.50. The third-order valence-electron chi connectivity index (χ3n) is 8.16. The number of carbonyl (C=O) groups is 1. The number of nitrogens with one attached hydrogen (secondary N) is 2. The largest absolute Gasteiger partial charge is 0.477 e. The SMILES string of the molecule is C=C(F)/C=C(/NC)c1[nH]c2ncc(-c3ccc4ccc(C(=O)O)c(=O)n4c3)c(N3CC[C@H]4CN(C)C[C@H]43)c2c1C#N.